The molecule has 27 heavy (non-hydrogen) atoms. The monoisotopic (exact) mass is 392 g/mol. The van der Waals surface area contributed by atoms with Crippen LogP contribution in [0.15, 0.2) is 34.7 Å². The van der Waals surface area contributed by atoms with Crippen molar-refractivity contribution in [2.24, 2.45) is 0 Å². The van der Waals surface area contributed by atoms with Crippen LogP contribution in [0.3, 0.4) is 0 Å². The van der Waals surface area contributed by atoms with E-state index in [2.05, 4.69) is 16.7 Å². The van der Waals surface area contributed by atoms with Gasteiger partial charge in [-0.25, -0.2) is 8.42 Å². The first-order valence-corrected chi connectivity index (χ1v) is 10.8. The van der Waals surface area contributed by atoms with Crippen LogP contribution in [0, 0.1) is 0 Å². The molecule has 0 radical (unpaired) electrons. The fourth-order valence-corrected chi connectivity index (χ4v) is 4.45. The molecule has 0 atom stereocenters. The van der Waals surface area contributed by atoms with Crippen molar-refractivity contribution in [2.75, 3.05) is 24.2 Å². The average Bonchev–Trinajstić information content (AvgIpc) is 2.67. The number of fused-ring (bicyclic) bond motifs is 1. The quantitative estimate of drug-likeness (QED) is 0.693. The molecule has 0 bridgehead atoms. The highest BCUT2D eigenvalue weighted by Gasteiger charge is 2.21. The van der Waals surface area contributed by atoms with Gasteiger partial charge in [0.05, 0.1) is 16.3 Å². The number of rotatable bonds is 7. The van der Waals surface area contributed by atoms with E-state index in [1.54, 1.807) is 0 Å². The predicted molar refractivity (Wildman–Crippen MR) is 101 cm³/mol. The van der Waals surface area contributed by atoms with E-state index in [4.69, 9.17) is 4.74 Å². The molecule has 146 valence electrons. The molecule has 1 aromatic carbocycles. The lowest BCUT2D eigenvalue weighted by atomic mass is 9.97. The summed E-state index contributed by atoms with van der Waals surface area (Å²) in [5, 5.41) is 5.37. The largest absolute Gasteiger partial charge is 0.482 e. The van der Waals surface area contributed by atoms with E-state index < -0.39 is 9.84 Å². The molecular weight excluding hydrogens is 368 g/mol. The van der Waals surface area contributed by atoms with Crippen molar-refractivity contribution in [3.05, 3.63) is 29.8 Å². The third-order valence-electron chi connectivity index (χ3n) is 4.69. The number of hydrogen-bond acceptors (Lipinski definition) is 5. The normalized spacial score (nSPS) is 16.6. The summed E-state index contributed by atoms with van der Waals surface area (Å²) in [5.41, 5.74) is 1.70. The number of anilines is 1. The van der Waals surface area contributed by atoms with Crippen molar-refractivity contribution < 1.29 is 22.7 Å². The zero-order valence-electron chi connectivity index (χ0n) is 15.1. The second kappa shape index (κ2) is 8.56. The molecule has 1 heterocycles. The van der Waals surface area contributed by atoms with Gasteiger partial charge >= 0.3 is 0 Å². The molecule has 0 aromatic heterocycles. The molecule has 3 rings (SSSR count). The van der Waals surface area contributed by atoms with E-state index in [1.165, 1.54) is 36.6 Å². The molecule has 1 aliphatic carbocycles. The lowest BCUT2D eigenvalue weighted by molar-refractivity contribution is -0.120. The number of carbonyl (C=O) groups is 2. The van der Waals surface area contributed by atoms with Crippen LogP contribution in [0.1, 0.15) is 38.5 Å². The lowest BCUT2D eigenvalue weighted by Gasteiger charge is -2.18. The van der Waals surface area contributed by atoms with Gasteiger partial charge in [0.15, 0.2) is 16.4 Å². The molecule has 1 aliphatic heterocycles. The fraction of sp³-hybridized carbons (Fsp3) is 0.474. The van der Waals surface area contributed by atoms with E-state index in [0.717, 1.165) is 19.3 Å². The summed E-state index contributed by atoms with van der Waals surface area (Å²) in [7, 11) is -3.63. The highest BCUT2D eigenvalue weighted by Crippen LogP contribution is 2.30. The first-order chi connectivity index (χ1) is 12.9. The van der Waals surface area contributed by atoms with Crippen LogP contribution in [-0.2, 0) is 19.4 Å². The summed E-state index contributed by atoms with van der Waals surface area (Å²) in [6.45, 7) is 0.448. The Morgan fingerprint density at radius 2 is 2.11 bits per heavy atom. The average molecular weight is 392 g/mol. The summed E-state index contributed by atoms with van der Waals surface area (Å²) < 4.78 is 30.2. The molecule has 0 saturated heterocycles. The zero-order valence-corrected chi connectivity index (χ0v) is 15.9. The van der Waals surface area contributed by atoms with E-state index in [0.29, 0.717) is 18.0 Å². The molecule has 2 N–H and O–H groups in total. The maximum atomic E-state index is 12.5. The third kappa shape index (κ3) is 5.32. The van der Waals surface area contributed by atoms with Crippen molar-refractivity contribution in [3.8, 4) is 5.75 Å². The number of carbonyl (C=O) groups excluding carboxylic acids is 2. The Labute approximate surface area is 159 Å². The number of nitrogens with one attached hydrogen (secondary N) is 2. The summed E-state index contributed by atoms with van der Waals surface area (Å²) in [6.07, 6.45) is 7.58. The molecular formula is C19H24N2O5S. The van der Waals surface area contributed by atoms with Crippen LogP contribution in [0.5, 0.6) is 5.75 Å². The van der Waals surface area contributed by atoms with Crippen LogP contribution >= 0.6 is 0 Å². The minimum Gasteiger partial charge on any atom is -0.482 e. The summed E-state index contributed by atoms with van der Waals surface area (Å²) in [5.74, 6) is -0.452. The molecule has 1 aromatic rings. The van der Waals surface area contributed by atoms with Crippen LogP contribution in [0.4, 0.5) is 5.69 Å². The second-order valence-electron chi connectivity index (χ2n) is 6.77. The summed E-state index contributed by atoms with van der Waals surface area (Å²) in [4.78, 5) is 23.4. The van der Waals surface area contributed by atoms with E-state index >= 15 is 0 Å². The molecule has 0 unspecified atom stereocenters. The van der Waals surface area contributed by atoms with Crippen molar-refractivity contribution in [2.45, 2.75) is 43.4 Å². The number of sulfone groups is 1. The maximum Gasteiger partial charge on any atom is 0.262 e. The molecule has 0 spiro atoms. The van der Waals surface area contributed by atoms with Gasteiger partial charge in [-0.3, -0.25) is 9.59 Å². The van der Waals surface area contributed by atoms with E-state index in [1.807, 2.05) is 0 Å². The first kappa shape index (κ1) is 19.4. The SMILES string of the molecule is O=C(CCS(=O)(=O)c1ccc2c(c1)NC(=O)CO2)NCCC1=CCCCC1. The van der Waals surface area contributed by atoms with Gasteiger partial charge < -0.3 is 15.4 Å². The number of hydrogen-bond donors (Lipinski definition) is 2. The Morgan fingerprint density at radius 1 is 1.26 bits per heavy atom. The van der Waals surface area contributed by atoms with Gasteiger partial charge in [0, 0.05) is 13.0 Å². The molecule has 7 nitrogen and oxygen atoms in total. The van der Waals surface area contributed by atoms with Gasteiger partial charge in [0.25, 0.3) is 5.91 Å². The minimum atomic E-state index is -3.63. The van der Waals surface area contributed by atoms with Gasteiger partial charge in [0.1, 0.15) is 5.75 Å². The van der Waals surface area contributed by atoms with E-state index in [9.17, 15) is 18.0 Å². The van der Waals surface area contributed by atoms with Gasteiger partial charge in [-0.15, -0.1) is 0 Å². The van der Waals surface area contributed by atoms with Crippen molar-refractivity contribution in [1.29, 1.82) is 0 Å². The first-order valence-electron chi connectivity index (χ1n) is 9.18. The van der Waals surface area contributed by atoms with Crippen LogP contribution in [-0.4, -0.2) is 39.1 Å². The number of benzene rings is 1. The third-order valence-corrected chi connectivity index (χ3v) is 6.41. The maximum absolute atomic E-state index is 12.5. The minimum absolute atomic E-state index is 0.0622. The van der Waals surface area contributed by atoms with Gasteiger partial charge in [0.2, 0.25) is 5.91 Å². The predicted octanol–water partition coefficient (Wildman–Crippen LogP) is 2.19. The van der Waals surface area contributed by atoms with Crippen molar-refractivity contribution >= 4 is 27.3 Å². The van der Waals surface area contributed by atoms with Crippen LogP contribution < -0.4 is 15.4 Å². The zero-order chi connectivity index (χ0) is 19.3. The lowest BCUT2D eigenvalue weighted by Crippen LogP contribution is -2.27. The Hall–Kier alpha value is -2.35. The summed E-state index contributed by atoms with van der Waals surface area (Å²) >= 11 is 0. The fourth-order valence-electron chi connectivity index (χ4n) is 3.18. The van der Waals surface area contributed by atoms with Crippen molar-refractivity contribution in [3.63, 3.8) is 0 Å². The number of ether oxygens (including phenoxy) is 1. The second-order valence-corrected chi connectivity index (χ2v) is 8.88. The van der Waals surface area contributed by atoms with E-state index in [-0.39, 0.29) is 35.5 Å². The number of allylic oxidation sites excluding steroid dienone is 1. The van der Waals surface area contributed by atoms with Gasteiger partial charge in [-0.1, -0.05) is 11.6 Å². The molecule has 2 aliphatic rings. The van der Waals surface area contributed by atoms with Crippen LogP contribution in [0.2, 0.25) is 0 Å². The molecule has 2 amide bonds. The Bertz CT molecular complexity index is 861. The molecule has 0 saturated carbocycles. The standard InChI is InChI=1S/C19H24N2O5S/c22-18(20-10-8-14-4-2-1-3-5-14)9-11-27(24,25)15-6-7-17-16(12-15)21-19(23)13-26-17/h4,6-7,12H,1-3,5,8-11,13H2,(H,20,22)(H,21,23). The topological polar surface area (TPSA) is 102 Å². The Morgan fingerprint density at radius 3 is 2.89 bits per heavy atom. The van der Waals surface area contributed by atoms with Crippen molar-refractivity contribution in [1.82, 2.24) is 5.32 Å². The highest BCUT2D eigenvalue weighted by molar-refractivity contribution is 7.91. The highest BCUT2D eigenvalue weighted by atomic mass is 32.2. The van der Waals surface area contributed by atoms with Gasteiger partial charge in [-0.2, -0.15) is 0 Å². The smallest absolute Gasteiger partial charge is 0.262 e. The summed E-state index contributed by atoms with van der Waals surface area (Å²) in [6, 6.07) is 4.31. The Balaban J connectivity index is 1.50. The molecule has 0 fully saturated rings. The number of amides is 2. The van der Waals surface area contributed by atoms with Crippen LogP contribution in [0.25, 0.3) is 0 Å². The molecule has 8 heteroatoms. The van der Waals surface area contributed by atoms with Gasteiger partial charge in [-0.05, 0) is 50.3 Å². The Kier molecular flexibility index (Phi) is 6.15.